The minimum atomic E-state index is -1.02. The lowest BCUT2D eigenvalue weighted by atomic mass is 10.2. The fourth-order valence-electron chi connectivity index (χ4n) is 2.32. The Morgan fingerprint density at radius 1 is 1.29 bits per heavy atom. The van der Waals surface area contributed by atoms with E-state index in [1.807, 2.05) is 37.3 Å². The number of carboxylic acids is 1. The quantitative estimate of drug-likeness (QED) is 0.829. The zero-order valence-corrected chi connectivity index (χ0v) is 14.8. The van der Waals surface area contributed by atoms with Gasteiger partial charge in [0.25, 0.3) is 0 Å². The minimum absolute atomic E-state index is 0.0122. The van der Waals surface area contributed by atoms with Crippen molar-refractivity contribution in [3.63, 3.8) is 0 Å². The van der Waals surface area contributed by atoms with Crippen LogP contribution < -0.4 is 0 Å². The zero-order valence-electron chi connectivity index (χ0n) is 14.0. The van der Waals surface area contributed by atoms with Gasteiger partial charge in [-0.05, 0) is 25.5 Å². The average Bonchev–Trinajstić information content (AvgIpc) is 2.93. The second-order valence-corrected chi connectivity index (χ2v) is 6.95. The van der Waals surface area contributed by atoms with Crippen molar-refractivity contribution >= 4 is 23.6 Å². The number of hydrogen-bond acceptors (Lipinski definition) is 4. The molecule has 0 aliphatic rings. The van der Waals surface area contributed by atoms with Crippen molar-refractivity contribution in [2.75, 3.05) is 7.05 Å². The molecule has 1 heterocycles. The van der Waals surface area contributed by atoms with Crippen LogP contribution in [0.5, 0.6) is 0 Å². The van der Waals surface area contributed by atoms with E-state index in [2.05, 4.69) is 0 Å². The minimum Gasteiger partial charge on any atom is -0.478 e. The van der Waals surface area contributed by atoms with E-state index >= 15 is 0 Å². The Labute approximate surface area is 145 Å². The Balaban J connectivity index is 1.91. The van der Waals surface area contributed by atoms with Gasteiger partial charge in [-0.2, -0.15) is 0 Å². The van der Waals surface area contributed by atoms with E-state index in [4.69, 9.17) is 9.52 Å². The summed E-state index contributed by atoms with van der Waals surface area (Å²) in [5.41, 5.74) is 1.31. The first-order valence-electron chi connectivity index (χ1n) is 7.61. The van der Waals surface area contributed by atoms with Crippen LogP contribution in [0.3, 0.4) is 0 Å². The first-order chi connectivity index (χ1) is 11.4. The highest BCUT2D eigenvalue weighted by Crippen LogP contribution is 2.21. The number of carbonyl (C=O) groups is 2. The normalized spacial score (nSPS) is 12.0. The van der Waals surface area contributed by atoms with E-state index in [0.29, 0.717) is 11.5 Å². The van der Waals surface area contributed by atoms with E-state index < -0.39 is 5.97 Å². The van der Waals surface area contributed by atoms with Crippen molar-refractivity contribution in [1.82, 2.24) is 4.90 Å². The molecule has 0 spiro atoms. The Kier molecular flexibility index (Phi) is 6.09. The summed E-state index contributed by atoms with van der Waals surface area (Å²) in [5.74, 6) is 0.556. The number of benzene rings is 1. The molecule has 0 aliphatic heterocycles. The molecular weight excluding hydrogens is 326 g/mol. The number of amides is 1. The van der Waals surface area contributed by atoms with Crippen LogP contribution in [0, 0.1) is 6.92 Å². The maximum Gasteiger partial charge on any atom is 0.339 e. The highest BCUT2D eigenvalue weighted by molar-refractivity contribution is 7.99. The summed E-state index contributed by atoms with van der Waals surface area (Å²) in [6.07, 6.45) is 0. The number of rotatable bonds is 7. The third-order valence-corrected chi connectivity index (χ3v) is 4.86. The number of carbonyl (C=O) groups excluding carboxylic acids is 1. The Hall–Kier alpha value is -2.21. The van der Waals surface area contributed by atoms with Gasteiger partial charge in [-0.1, -0.05) is 30.3 Å². The van der Waals surface area contributed by atoms with Gasteiger partial charge < -0.3 is 14.4 Å². The lowest BCUT2D eigenvalue weighted by Crippen LogP contribution is -2.32. The maximum atomic E-state index is 12.4. The summed E-state index contributed by atoms with van der Waals surface area (Å²) in [7, 11) is 1.69. The Bertz CT molecular complexity index is 711. The summed E-state index contributed by atoms with van der Waals surface area (Å²) in [6, 6.07) is 11.5. The van der Waals surface area contributed by atoms with E-state index in [-0.39, 0.29) is 23.3 Å². The van der Waals surface area contributed by atoms with Gasteiger partial charge in [0.15, 0.2) is 0 Å². The molecule has 0 saturated heterocycles. The van der Waals surface area contributed by atoms with Gasteiger partial charge in [0.05, 0.1) is 11.8 Å². The molecule has 0 radical (unpaired) electrons. The molecule has 24 heavy (non-hydrogen) atoms. The van der Waals surface area contributed by atoms with Gasteiger partial charge in [-0.15, -0.1) is 11.8 Å². The molecule has 0 aliphatic carbocycles. The number of aryl methyl sites for hydroxylation is 1. The van der Waals surface area contributed by atoms with Gasteiger partial charge in [-0.3, -0.25) is 4.79 Å². The standard InChI is InChI=1S/C18H21NO4S/c1-12-16(18(21)22)9-15(23-12)10-19(3)17(20)13(2)24-11-14-7-5-4-6-8-14/h4-9,13H,10-11H2,1-3H3,(H,21,22). The summed E-state index contributed by atoms with van der Waals surface area (Å²) >= 11 is 1.57. The number of carboxylic acid groups (broad SMARTS) is 1. The van der Waals surface area contributed by atoms with Gasteiger partial charge in [0.1, 0.15) is 17.1 Å². The van der Waals surface area contributed by atoms with Crippen LogP contribution in [0.15, 0.2) is 40.8 Å². The fraction of sp³-hybridized carbons (Fsp3) is 0.333. The molecule has 6 heteroatoms. The molecule has 1 amide bonds. The zero-order chi connectivity index (χ0) is 17.7. The van der Waals surface area contributed by atoms with Crippen LogP contribution in [-0.2, 0) is 17.1 Å². The van der Waals surface area contributed by atoms with Gasteiger partial charge in [0, 0.05) is 12.8 Å². The number of hydrogen-bond donors (Lipinski definition) is 1. The monoisotopic (exact) mass is 347 g/mol. The van der Waals surface area contributed by atoms with Crippen LogP contribution >= 0.6 is 11.8 Å². The van der Waals surface area contributed by atoms with Crippen LogP contribution in [0.1, 0.15) is 34.4 Å². The predicted octanol–water partition coefficient (Wildman–Crippen LogP) is 3.57. The van der Waals surface area contributed by atoms with Crippen molar-refractivity contribution < 1.29 is 19.1 Å². The third kappa shape index (κ3) is 4.64. The number of furan rings is 1. The molecule has 0 fully saturated rings. The van der Waals surface area contributed by atoms with Crippen molar-refractivity contribution in [1.29, 1.82) is 0 Å². The Morgan fingerprint density at radius 3 is 2.54 bits per heavy atom. The van der Waals surface area contributed by atoms with E-state index in [0.717, 1.165) is 5.75 Å². The maximum absolute atomic E-state index is 12.4. The number of nitrogens with zero attached hydrogens (tertiary/aromatic N) is 1. The summed E-state index contributed by atoms with van der Waals surface area (Å²) in [6.45, 7) is 3.73. The molecule has 2 aromatic rings. The fourth-order valence-corrected chi connectivity index (χ4v) is 3.28. The van der Waals surface area contributed by atoms with Gasteiger partial charge in [-0.25, -0.2) is 4.79 Å². The third-order valence-electron chi connectivity index (χ3n) is 3.66. The summed E-state index contributed by atoms with van der Waals surface area (Å²) in [4.78, 5) is 25.0. The summed E-state index contributed by atoms with van der Waals surface area (Å²) in [5, 5.41) is 8.86. The van der Waals surface area contributed by atoms with Crippen molar-refractivity contribution in [2.24, 2.45) is 0 Å². The predicted molar refractivity (Wildman–Crippen MR) is 94.1 cm³/mol. The lowest BCUT2D eigenvalue weighted by Gasteiger charge is -2.20. The average molecular weight is 347 g/mol. The highest BCUT2D eigenvalue weighted by atomic mass is 32.2. The second-order valence-electron chi connectivity index (χ2n) is 5.62. The molecule has 5 nitrogen and oxygen atoms in total. The van der Waals surface area contributed by atoms with Gasteiger partial charge in [0.2, 0.25) is 5.91 Å². The highest BCUT2D eigenvalue weighted by Gasteiger charge is 2.21. The van der Waals surface area contributed by atoms with Crippen LogP contribution in [0.4, 0.5) is 0 Å². The van der Waals surface area contributed by atoms with Crippen LogP contribution in [-0.4, -0.2) is 34.2 Å². The SMILES string of the molecule is Cc1oc(CN(C)C(=O)C(C)SCc2ccccc2)cc1C(=O)O. The Morgan fingerprint density at radius 2 is 1.96 bits per heavy atom. The van der Waals surface area contributed by atoms with Crippen LogP contribution in [0.2, 0.25) is 0 Å². The molecule has 1 atom stereocenters. The topological polar surface area (TPSA) is 70.8 Å². The van der Waals surface area contributed by atoms with Crippen molar-refractivity contribution in [3.8, 4) is 0 Å². The number of aromatic carboxylic acids is 1. The smallest absolute Gasteiger partial charge is 0.339 e. The first kappa shape index (κ1) is 18.1. The first-order valence-corrected chi connectivity index (χ1v) is 8.66. The second kappa shape index (κ2) is 8.06. The summed E-state index contributed by atoms with van der Waals surface area (Å²) < 4.78 is 5.42. The molecule has 128 valence electrons. The van der Waals surface area contributed by atoms with Gasteiger partial charge >= 0.3 is 5.97 Å². The largest absolute Gasteiger partial charge is 0.478 e. The molecule has 0 bridgehead atoms. The van der Waals surface area contributed by atoms with Crippen molar-refractivity contribution in [2.45, 2.75) is 31.4 Å². The molecule has 1 aromatic heterocycles. The van der Waals surface area contributed by atoms with Crippen LogP contribution in [0.25, 0.3) is 0 Å². The van der Waals surface area contributed by atoms with E-state index in [9.17, 15) is 9.59 Å². The lowest BCUT2D eigenvalue weighted by molar-refractivity contribution is -0.129. The molecule has 2 rings (SSSR count). The molecule has 1 N–H and O–H groups in total. The molecular formula is C18H21NO4S. The molecule has 0 saturated carbocycles. The van der Waals surface area contributed by atoms with Crippen molar-refractivity contribution in [3.05, 3.63) is 59.0 Å². The number of thioether (sulfide) groups is 1. The molecule has 1 aromatic carbocycles. The molecule has 1 unspecified atom stereocenters. The van der Waals surface area contributed by atoms with E-state index in [1.54, 1.807) is 30.6 Å². The van der Waals surface area contributed by atoms with E-state index in [1.165, 1.54) is 11.6 Å².